The minimum absolute atomic E-state index is 0.0145. The molecular weight excluding hydrogens is 332 g/mol. The van der Waals surface area contributed by atoms with Gasteiger partial charge in [0.2, 0.25) is 15.9 Å². The number of hydrogen-bond acceptors (Lipinski definition) is 5. The smallest absolute Gasteiger partial charge is 0.241 e. The quantitative estimate of drug-likeness (QED) is 0.771. The van der Waals surface area contributed by atoms with E-state index in [1.54, 1.807) is 0 Å². The zero-order chi connectivity index (χ0) is 17.7. The molecule has 1 aromatic carbocycles. The topological polar surface area (TPSA) is 93.7 Å². The van der Waals surface area contributed by atoms with Crippen LogP contribution in [0.1, 0.15) is 32.6 Å². The number of carbonyl (C=O) groups excluding carboxylic acids is 1. The third-order valence-corrected chi connectivity index (χ3v) is 5.63. The first-order valence-corrected chi connectivity index (χ1v) is 9.40. The van der Waals surface area contributed by atoms with Gasteiger partial charge in [-0.25, -0.2) is 8.42 Å². The number of rotatable bonds is 7. The Morgan fingerprint density at radius 3 is 2.38 bits per heavy atom. The molecular formula is C16H24N2O5S. The lowest BCUT2D eigenvalue weighted by Gasteiger charge is -2.18. The number of amides is 1. The van der Waals surface area contributed by atoms with Crippen molar-refractivity contribution in [1.29, 1.82) is 0 Å². The summed E-state index contributed by atoms with van der Waals surface area (Å²) < 4.78 is 37.5. The molecule has 0 saturated heterocycles. The fraction of sp³-hybridized carbons (Fsp3) is 0.562. The Kier molecular flexibility index (Phi) is 6.06. The van der Waals surface area contributed by atoms with Gasteiger partial charge in [-0.2, -0.15) is 4.72 Å². The van der Waals surface area contributed by atoms with Crippen molar-refractivity contribution in [3.8, 4) is 11.5 Å². The van der Waals surface area contributed by atoms with Crippen LogP contribution in [-0.2, 0) is 14.8 Å². The lowest BCUT2D eigenvalue weighted by atomic mass is 10.2. The highest BCUT2D eigenvalue weighted by Gasteiger charge is 2.25. The first-order chi connectivity index (χ1) is 11.4. The number of ether oxygens (including phenoxy) is 2. The molecule has 2 N–H and O–H groups in total. The average Bonchev–Trinajstić information content (AvgIpc) is 3.06. The van der Waals surface area contributed by atoms with E-state index in [1.807, 2.05) is 0 Å². The standard InChI is InChI=1S/C16H24N2O5S/c1-11(16(19)17-12-6-4-5-7-12)18-24(20,21)13-8-9-14(22-2)15(10-13)23-3/h8-12,18H,4-7H2,1-3H3,(H,17,19)/t11-/m1/s1. The predicted molar refractivity (Wildman–Crippen MR) is 89.7 cm³/mol. The van der Waals surface area contributed by atoms with Gasteiger partial charge in [-0.1, -0.05) is 12.8 Å². The third-order valence-electron chi connectivity index (χ3n) is 4.09. The Hall–Kier alpha value is -1.80. The van der Waals surface area contributed by atoms with Crippen LogP contribution in [0, 0.1) is 0 Å². The summed E-state index contributed by atoms with van der Waals surface area (Å²) in [7, 11) is -0.940. The van der Waals surface area contributed by atoms with Gasteiger partial charge in [-0.3, -0.25) is 4.79 Å². The summed E-state index contributed by atoms with van der Waals surface area (Å²) in [6.45, 7) is 1.53. The number of sulfonamides is 1. The van der Waals surface area contributed by atoms with Crippen molar-refractivity contribution in [2.45, 2.75) is 49.6 Å². The van der Waals surface area contributed by atoms with Crippen LogP contribution in [0.5, 0.6) is 11.5 Å². The van der Waals surface area contributed by atoms with Crippen molar-refractivity contribution in [3.63, 3.8) is 0 Å². The average molecular weight is 356 g/mol. The minimum Gasteiger partial charge on any atom is -0.493 e. The largest absolute Gasteiger partial charge is 0.493 e. The second-order valence-corrected chi connectivity index (χ2v) is 7.56. The molecule has 1 atom stereocenters. The van der Waals surface area contributed by atoms with Crippen molar-refractivity contribution in [3.05, 3.63) is 18.2 Å². The molecule has 0 bridgehead atoms. The Morgan fingerprint density at radius 2 is 1.79 bits per heavy atom. The lowest BCUT2D eigenvalue weighted by Crippen LogP contribution is -2.47. The maximum atomic E-state index is 12.5. The van der Waals surface area contributed by atoms with E-state index in [4.69, 9.17) is 9.47 Å². The molecule has 8 heteroatoms. The van der Waals surface area contributed by atoms with Crippen molar-refractivity contribution in [2.75, 3.05) is 14.2 Å². The maximum absolute atomic E-state index is 12.5. The predicted octanol–water partition coefficient (Wildman–Crippen LogP) is 1.43. The van der Waals surface area contributed by atoms with E-state index in [0.717, 1.165) is 25.7 Å². The number of methoxy groups -OCH3 is 2. The monoisotopic (exact) mass is 356 g/mol. The summed E-state index contributed by atoms with van der Waals surface area (Å²) in [6.07, 6.45) is 4.08. The molecule has 24 heavy (non-hydrogen) atoms. The Bertz CT molecular complexity index is 684. The van der Waals surface area contributed by atoms with Gasteiger partial charge in [-0.15, -0.1) is 0 Å². The SMILES string of the molecule is COc1ccc(S(=O)(=O)N[C@H](C)C(=O)NC2CCCC2)cc1OC. The van der Waals surface area contributed by atoms with Crippen LogP contribution in [-0.4, -0.2) is 40.6 Å². The molecule has 2 rings (SSSR count). The highest BCUT2D eigenvalue weighted by atomic mass is 32.2. The fourth-order valence-corrected chi connectivity index (χ4v) is 3.95. The summed E-state index contributed by atoms with van der Waals surface area (Å²) in [4.78, 5) is 12.2. The fourth-order valence-electron chi connectivity index (χ4n) is 2.73. The van der Waals surface area contributed by atoms with Crippen molar-refractivity contribution >= 4 is 15.9 Å². The molecule has 0 aliphatic heterocycles. The van der Waals surface area contributed by atoms with E-state index in [1.165, 1.54) is 39.3 Å². The highest BCUT2D eigenvalue weighted by molar-refractivity contribution is 7.89. The summed E-state index contributed by atoms with van der Waals surface area (Å²) in [6, 6.07) is 3.57. The van der Waals surface area contributed by atoms with Crippen LogP contribution in [0.3, 0.4) is 0 Å². The molecule has 1 aliphatic rings. The second kappa shape index (κ2) is 7.85. The first-order valence-electron chi connectivity index (χ1n) is 7.92. The zero-order valence-corrected chi connectivity index (χ0v) is 15.0. The minimum atomic E-state index is -3.84. The number of benzene rings is 1. The highest BCUT2D eigenvalue weighted by Crippen LogP contribution is 2.29. The van der Waals surface area contributed by atoms with E-state index in [9.17, 15) is 13.2 Å². The van der Waals surface area contributed by atoms with Crippen LogP contribution < -0.4 is 19.5 Å². The summed E-state index contributed by atoms with van der Waals surface area (Å²) in [5.41, 5.74) is 0. The molecule has 0 heterocycles. The molecule has 7 nitrogen and oxygen atoms in total. The first kappa shape index (κ1) is 18.5. The van der Waals surface area contributed by atoms with Crippen molar-refractivity contribution in [1.82, 2.24) is 10.0 Å². The molecule has 1 aliphatic carbocycles. The molecule has 0 spiro atoms. The van der Waals surface area contributed by atoms with Gasteiger partial charge < -0.3 is 14.8 Å². The second-order valence-electron chi connectivity index (χ2n) is 5.85. The van der Waals surface area contributed by atoms with Gasteiger partial charge in [-0.05, 0) is 31.9 Å². The molecule has 0 radical (unpaired) electrons. The van der Waals surface area contributed by atoms with E-state index >= 15 is 0 Å². The summed E-state index contributed by atoms with van der Waals surface area (Å²) in [5.74, 6) is 0.429. The lowest BCUT2D eigenvalue weighted by molar-refractivity contribution is -0.123. The number of nitrogens with one attached hydrogen (secondary N) is 2. The van der Waals surface area contributed by atoms with E-state index < -0.39 is 16.1 Å². The Labute approximate surface area is 142 Å². The van der Waals surface area contributed by atoms with Gasteiger partial charge in [0.25, 0.3) is 0 Å². The van der Waals surface area contributed by atoms with Crippen molar-refractivity contribution < 1.29 is 22.7 Å². The van der Waals surface area contributed by atoms with E-state index in [2.05, 4.69) is 10.0 Å². The molecule has 1 saturated carbocycles. The van der Waals surface area contributed by atoms with Crippen LogP contribution >= 0.6 is 0 Å². The normalized spacial score (nSPS) is 16.6. The van der Waals surface area contributed by atoms with Crippen LogP contribution in [0.4, 0.5) is 0 Å². The zero-order valence-electron chi connectivity index (χ0n) is 14.2. The maximum Gasteiger partial charge on any atom is 0.241 e. The van der Waals surface area contributed by atoms with E-state index in [0.29, 0.717) is 11.5 Å². The Balaban J connectivity index is 2.08. The third kappa shape index (κ3) is 4.39. The molecule has 0 unspecified atom stereocenters. The van der Waals surface area contributed by atoms with Crippen LogP contribution in [0.25, 0.3) is 0 Å². The Morgan fingerprint density at radius 1 is 1.17 bits per heavy atom. The van der Waals surface area contributed by atoms with Crippen LogP contribution in [0.2, 0.25) is 0 Å². The van der Waals surface area contributed by atoms with E-state index in [-0.39, 0.29) is 16.8 Å². The molecule has 0 aromatic heterocycles. The molecule has 1 fully saturated rings. The van der Waals surface area contributed by atoms with Gasteiger partial charge in [0, 0.05) is 12.1 Å². The van der Waals surface area contributed by atoms with Gasteiger partial charge >= 0.3 is 0 Å². The van der Waals surface area contributed by atoms with Gasteiger partial charge in [0.05, 0.1) is 25.2 Å². The molecule has 1 aromatic rings. The van der Waals surface area contributed by atoms with Crippen LogP contribution in [0.15, 0.2) is 23.1 Å². The van der Waals surface area contributed by atoms with Crippen molar-refractivity contribution in [2.24, 2.45) is 0 Å². The molecule has 1 amide bonds. The van der Waals surface area contributed by atoms with Gasteiger partial charge in [0.1, 0.15) is 0 Å². The van der Waals surface area contributed by atoms with Gasteiger partial charge in [0.15, 0.2) is 11.5 Å². The number of hydrogen-bond donors (Lipinski definition) is 2. The summed E-state index contributed by atoms with van der Waals surface area (Å²) >= 11 is 0. The molecule has 134 valence electrons. The number of carbonyl (C=O) groups is 1. The summed E-state index contributed by atoms with van der Waals surface area (Å²) in [5, 5.41) is 2.88.